The lowest BCUT2D eigenvalue weighted by Crippen LogP contribution is -2.15. The molecule has 0 aliphatic rings. The number of carbonyl (C=O) groups is 1. The van der Waals surface area contributed by atoms with E-state index in [0.717, 1.165) is 5.56 Å². The lowest BCUT2D eigenvalue weighted by molar-refractivity contribution is 0.102. The third-order valence-corrected chi connectivity index (χ3v) is 3.47. The molecule has 4 nitrogen and oxygen atoms in total. The Balaban J connectivity index is 2.40. The molecule has 0 amide bonds. The van der Waals surface area contributed by atoms with Crippen LogP contribution in [0.4, 0.5) is 4.39 Å². The molecule has 6 heteroatoms. The molecule has 1 aromatic heterocycles. The van der Waals surface area contributed by atoms with E-state index in [0.29, 0.717) is 23.3 Å². The summed E-state index contributed by atoms with van der Waals surface area (Å²) in [7, 11) is 1.57. The summed E-state index contributed by atoms with van der Waals surface area (Å²) in [6.07, 6.45) is 1.52. The van der Waals surface area contributed by atoms with Gasteiger partial charge in [0.25, 0.3) is 0 Å². The number of nitrogens with zero attached hydrogens (tertiary/aromatic N) is 2. The van der Waals surface area contributed by atoms with Crippen molar-refractivity contribution in [3.05, 3.63) is 51.5 Å². The molecule has 0 saturated heterocycles. The fraction of sp³-hybridized carbons (Fsp3) is 0.286. The van der Waals surface area contributed by atoms with Gasteiger partial charge in [-0.05, 0) is 40.5 Å². The maximum atomic E-state index is 13.9. The molecule has 2 aromatic rings. The van der Waals surface area contributed by atoms with Crippen molar-refractivity contribution < 1.29 is 13.9 Å². The van der Waals surface area contributed by atoms with Crippen LogP contribution in [0.5, 0.6) is 0 Å². The Bertz CT molecular complexity index is 640. The highest BCUT2D eigenvalue weighted by molar-refractivity contribution is 9.10. The minimum Gasteiger partial charge on any atom is -0.383 e. The van der Waals surface area contributed by atoms with Crippen molar-refractivity contribution in [2.24, 2.45) is 0 Å². The number of aryl methyl sites for hydroxylation is 1. The third kappa shape index (κ3) is 2.96. The molecule has 0 spiro atoms. The van der Waals surface area contributed by atoms with E-state index in [1.54, 1.807) is 20.1 Å². The second-order valence-corrected chi connectivity index (χ2v) is 5.22. The van der Waals surface area contributed by atoms with Gasteiger partial charge in [-0.2, -0.15) is 5.10 Å². The van der Waals surface area contributed by atoms with Crippen molar-refractivity contribution in [1.29, 1.82) is 0 Å². The quantitative estimate of drug-likeness (QED) is 0.786. The largest absolute Gasteiger partial charge is 0.383 e. The fourth-order valence-electron chi connectivity index (χ4n) is 1.87. The van der Waals surface area contributed by atoms with E-state index in [9.17, 15) is 9.18 Å². The summed E-state index contributed by atoms with van der Waals surface area (Å²) in [5.41, 5.74) is 1.13. The number of ether oxygens (including phenoxy) is 1. The van der Waals surface area contributed by atoms with E-state index in [1.807, 2.05) is 0 Å². The van der Waals surface area contributed by atoms with Gasteiger partial charge in [-0.3, -0.25) is 9.48 Å². The van der Waals surface area contributed by atoms with Crippen LogP contribution >= 0.6 is 15.9 Å². The Labute approximate surface area is 124 Å². The van der Waals surface area contributed by atoms with Crippen molar-refractivity contribution in [3.8, 4) is 0 Å². The van der Waals surface area contributed by atoms with Gasteiger partial charge in [0.15, 0.2) is 0 Å². The van der Waals surface area contributed by atoms with E-state index in [1.165, 1.54) is 23.0 Å². The summed E-state index contributed by atoms with van der Waals surface area (Å²) in [5.74, 6) is -0.927. The van der Waals surface area contributed by atoms with Crippen LogP contribution in [0.3, 0.4) is 0 Å². The Morgan fingerprint density at radius 1 is 1.50 bits per heavy atom. The minimum atomic E-state index is -0.526. The Hall–Kier alpha value is -1.53. The van der Waals surface area contributed by atoms with Crippen molar-refractivity contribution in [2.45, 2.75) is 13.5 Å². The van der Waals surface area contributed by atoms with Gasteiger partial charge in [0.1, 0.15) is 11.5 Å². The van der Waals surface area contributed by atoms with Crippen LogP contribution in [0.15, 0.2) is 28.9 Å². The molecular formula is C14H14BrFN2O2. The van der Waals surface area contributed by atoms with Gasteiger partial charge in [0, 0.05) is 7.11 Å². The minimum absolute atomic E-state index is 0.0375. The normalized spacial score (nSPS) is 10.8. The van der Waals surface area contributed by atoms with Crippen LogP contribution < -0.4 is 0 Å². The van der Waals surface area contributed by atoms with Crippen molar-refractivity contribution in [2.75, 3.05) is 13.7 Å². The number of rotatable bonds is 5. The van der Waals surface area contributed by atoms with Gasteiger partial charge >= 0.3 is 0 Å². The molecule has 0 radical (unpaired) electrons. The molecule has 2 rings (SSSR count). The maximum absolute atomic E-state index is 13.9. The molecule has 20 heavy (non-hydrogen) atoms. The lowest BCUT2D eigenvalue weighted by Gasteiger charge is -2.08. The predicted octanol–water partition coefficient (Wildman–Crippen LogP) is 2.97. The number of hydrogen-bond donors (Lipinski definition) is 0. The first-order chi connectivity index (χ1) is 9.54. The number of halogens is 2. The molecule has 0 bridgehead atoms. The average Bonchev–Trinajstić information content (AvgIpc) is 2.77. The predicted molar refractivity (Wildman–Crippen MR) is 76.4 cm³/mol. The molecule has 1 heterocycles. The van der Waals surface area contributed by atoms with E-state index in [2.05, 4.69) is 21.0 Å². The zero-order chi connectivity index (χ0) is 14.7. The second-order valence-electron chi connectivity index (χ2n) is 4.37. The number of methoxy groups -OCH3 is 1. The third-order valence-electron chi connectivity index (χ3n) is 2.89. The molecule has 106 valence electrons. The number of benzene rings is 1. The molecule has 0 fully saturated rings. The maximum Gasteiger partial charge on any atom is 0.215 e. The molecular weight excluding hydrogens is 327 g/mol. The smallest absolute Gasteiger partial charge is 0.215 e. The summed E-state index contributed by atoms with van der Waals surface area (Å²) in [5, 5.41) is 4.09. The van der Waals surface area contributed by atoms with E-state index in [-0.39, 0.29) is 5.56 Å². The highest BCUT2D eigenvalue weighted by atomic mass is 79.9. The summed E-state index contributed by atoms with van der Waals surface area (Å²) in [6, 6.07) is 4.55. The van der Waals surface area contributed by atoms with Crippen LogP contribution in [0, 0.1) is 12.7 Å². The Morgan fingerprint density at radius 3 is 2.90 bits per heavy atom. The fourth-order valence-corrected chi connectivity index (χ4v) is 2.34. The van der Waals surface area contributed by atoms with Crippen molar-refractivity contribution in [3.63, 3.8) is 0 Å². The number of ketones is 1. The highest BCUT2D eigenvalue weighted by Crippen LogP contribution is 2.22. The van der Waals surface area contributed by atoms with Gasteiger partial charge in [0.05, 0.1) is 29.4 Å². The van der Waals surface area contributed by atoms with E-state index >= 15 is 0 Å². The molecule has 0 saturated carbocycles. The monoisotopic (exact) mass is 340 g/mol. The zero-order valence-corrected chi connectivity index (χ0v) is 12.8. The summed E-state index contributed by atoms with van der Waals surface area (Å²) in [4.78, 5) is 12.5. The van der Waals surface area contributed by atoms with Gasteiger partial charge in [-0.15, -0.1) is 0 Å². The Kier molecular flexibility index (Phi) is 4.67. The Morgan fingerprint density at radius 2 is 2.25 bits per heavy atom. The van der Waals surface area contributed by atoms with Gasteiger partial charge < -0.3 is 4.74 Å². The summed E-state index contributed by atoms with van der Waals surface area (Å²) >= 11 is 3.28. The molecule has 1 aromatic carbocycles. The highest BCUT2D eigenvalue weighted by Gasteiger charge is 2.21. The summed E-state index contributed by atoms with van der Waals surface area (Å²) < 4.78 is 20.9. The van der Waals surface area contributed by atoms with Gasteiger partial charge in [-0.25, -0.2) is 4.39 Å². The SMILES string of the molecule is COCCn1ncc(Br)c1C(=O)c1ccc(C)cc1F. The second kappa shape index (κ2) is 6.28. The lowest BCUT2D eigenvalue weighted by atomic mass is 10.1. The number of aromatic nitrogens is 2. The molecule has 0 atom stereocenters. The van der Waals surface area contributed by atoms with Crippen LogP contribution in [-0.4, -0.2) is 29.3 Å². The first-order valence-corrected chi connectivity index (χ1v) is 6.85. The van der Waals surface area contributed by atoms with E-state index in [4.69, 9.17) is 4.74 Å². The van der Waals surface area contributed by atoms with Crippen molar-refractivity contribution >= 4 is 21.7 Å². The molecule has 0 N–H and O–H groups in total. The first kappa shape index (κ1) is 14.9. The number of hydrogen-bond acceptors (Lipinski definition) is 3. The first-order valence-electron chi connectivity index (χ1n) is 6.05. The molecule has 0 aliphatic carbocycles. The van der Waals surface area contributed by atoms with Crippen LogP contribution in [0.1, 0.15) is 21.6 Å². The standard InChI is InChI=1S/C14H14BrFN2O2/c1-9-3-4-10(12(16)7-9)14(19)13-11(15)8-17-18(13)5-6-20-2/h3-4,7-8H,5-6H2,1-2H3. The molecule has 0 unspecified atom stereocenters. The van der Waals surface area contributed by atoms with Gasteiger partial charge in [0.2, 0.25) is 5.78 Å². The van der Waals surface area contributed by atoms with Gasteiger partial charge in [-0.1, -0.05) is 6.07 Å². The molecule has 0 aliphatic heterocycles. The zero-order valence-electron chi connectivity index (χ0n) is 11.2. The number of carbonyl (C=O) groups excluding carboxylic acids is 1. The van der Waals surface area contributed by atoms with Crippen LogP contribution in [0.25, 0.3) is 0 Å². The summed E-state index contributed by atoms with van der Waals surface area (Å²) in [6.45, 7) is 2.62. The van der Waals surface area contributed by atoms with Crippen molar-refractivity contribution in [1.82, 2.24) is 9.78 Å². The topological polar surface area (TPSA) is 44.1 Å². The van der Waals surface area contributed by atoms with Crippen LogP contribution in [-0.2, 0) is 11.3 Å². The van der Waals surface area contributed by atoms with Crippen LogP contribution in [0.2, 0.25) is 0 Å². The average molecular weight is 341 g/mol. The van der Waals surface area contributed by atoms with E-state index < -0.39 is 11.6 Å².